The molecule has 1 heterocycles. The van der Waals surface area contributed by atoms with Gasteiger partial charge in [-0.15, -0.1) is 0 Å². The van der Waals surface area contributed by atoms with Crippen LogP contribution in [-0.4, -0.2) is 22.2 Å². The van der Waals surface area contributed by atoms with E-state index in [1.807, 2.05) is 6.20 Å². The number of aromatic nitrogens is 1. The number of aliphatic hydroxyl groups excluding tert-OH is 1. The Balaban J connectivity index is 1.77. The van der Waals surface area contributed by atoms with Crippen LogP contribution in [0.1, 0.15) is 30.4 Å². The molecule has 19 heavy (non-hydrogen) atoms. The molecule has 1 saturated carbocycles. The van der Waals surface area contributed by atoms with Gasteiger partial charge in [0.2, 0.25) is 0 Å². The number of rotatable bonds is 4. The minimum Gasteiger partial charge on any atom is -0.394 e. The van der Waals surface area contributed by atoms with Gasteiger partial charge in [-0.1, -0.05) is 11.6 Å². The van der Waals surface area contributed by atoms with Gasteiger partial charge in [0.15, 0.2) is 0 Å². The van der Waals surface area contributed by atoms with E-state index in [2.05, 4.69) is 41.5 Å². The number of nitrogens with one attached hydrogen (secondary N) is 1. The molecule has 100 valence electrons. The maximum atomic E-state index is 9.44. The molecular formula is C16H20N2O. The Bertz CT molecular complexity index is 585. The van der Waals surface area contributed by atoms with Gasteiger partial charge in [0.25, 0.3) is 0 Å². The van der Waals surface area contributed by atoms with Gasteiger partial charge < -0.3 is 10.4 Å². The van der Waals surface area contributed by atoms with E-state index in [0.29, 0.717) is 0 Å². The molecule has 0 spiro atoms. The van der Waals surface area contributed by atoms with Gasteiger partial charge in [-0.25, -0.2) is 0 Å². The van der Waals surface area contributed by atoms with E-state index in [1.165, 1.54) is 22.9 Å². The van der Waals surface area contributed by atoms with Gasteiger partial charge in [0.05, 0.1) is 12.1 Å². The van der Waals surface area contributed by atoms with Crippen LogP contribution in [0.25, 0.3) is 10.9 Å². The predicted octanol–water partition coefficient (Wildman–Crippen LogP) is 2.55. The molecule has 3 nitrogen and oxygen atoms in total. The van der Waals surface area contributed by atoms with Gasteiger partial charge in [0, 0.05) is 23.7 Å². The van der Waals surface area contributed by atoms with Crippen LogP contribution >= 0.6 is 0 Å². The van der Waals surface area contributed by atoms with Crippen molar-refractivity contribution in [3.63, 3.8) is 0 Å². The Labute approximate surface area is 113 Å². The molecule has 0 radical (unpaired) electrons. The molecular weight excluding hydrogens is 236 g/mol. The summed E-state index contributed by atoms with van der Waals surface area (Å²) in [6.07, 6.45) is 5.28. The molecule has 3 heteroatoms. The Morgan fingerprint density at radius 1 is 1.32 bits per heavy atom. The van der Waals surface area contributed by atoms with E-state index in [9.17, 15) is 5.11 Å². The molecule has 1 aliphatic carbocycles. The lowest BCUT2D eigenvalue weighted by molar-refractivity contribution is 0.0872. The standard InChI is InChI=1S/C16H20N2O/c1-12-3-4-15-14(7-12)8-13(9-17-15)10-18-16(11-19)5-2-6-16/h3-4,7-9,18-19H,2,5-6,10-11H2,1H3. The zero-order valence-electron chi connectivity index (χ0n) is 11.3. The smallest absolute Gasteiger partial charge is 0.0702 e. The first kappa shape index (κ1) is 12.6. The molecule has 2 aromatic rings. The summed E-state index contributed by atoms with van der Waals surface area (Å²) >= 11 is 0. The van der Waals surface area contributed by atoms with Gasteiger partial charge in [-0.3, -0.25) is 4.98 Å². The number of benzene rings is 1. The van der Waals surface area contributed by atoms with Crippen molar-refractivity contribution in [1.82, 2.24) is 10.3 Å². The lowest BCUT2D eigenvalue weighted by Crippen LogP contribution is -2.53. The molecule has 0 saturated heterocycles. The highest BCUT2D eigenvalue weighted by atomic mass is 16.3. The highest BCUT2D eigenvalue weighted by molar-refractivity contribution is 5.79. The first-order valence-electron chi connectivity index (χ1n) is 6.92. The highest BCUT2D eigenvalue weighted by Gasteiger charge is 2.35. The fourth-order valence-electron chi connectivity index (χ4n) is 2.68. The fourth-order valence-corrected chi connectivity index (χ4v) is 2.68. The van der Waals surface area contributed by atoms with Gasteiger partial charge in [-0.2, -0.15) is 0 Å². The predicted molar refractivity (Wildman–Crippen MR) is 77.0 cm³/mol. The molecule has 1 aliphatic rings. The van der Waals surface area contributed by atoms with Crippen molar-refractivity contribution in [3.05, 3.63) is 41.6 Å². The number of hydrogen-bond donors (Lipinski definition) is 2. The number of aryl methyl sites for hydroxylation is 1. The Kier molecular flexibility index (Phi) is 3.25. The summed E-state index contributed by atoms with van der Waals surface area (Å²) in [7, 11) is 0. The lowest BCUT2D eigenvalue weighted by Gasteiger charge is -2.41. The molecule has 2 N–H and O–H groups in total. The van der Waals surface area contributed by atoms with Gasteiger partial charge in [0.1, 0.15) is 0 Å². The first-order valence-corrected chi connectivity index (χ1v) is 6.92. The summed E-state index contributed by atoms with van der Waals surface area (Å²) in [6, 6.07) is 8.49. The molecule has 0 unspecified atom stereocenters. The SMILES string of the molecule is Cc1ccc2ncc(CNC3(CO)CCC3)cc2c1. The second kappa shape index (κ2) is 4.91. The zero-order chi connectivity index (χ0) is 13.3. The van der Waals surface area contributed by atoms with Crippen molar-refractivity contribution < 1.29 is 5.11 Å². The van der Waals surface area contributed by atoms with E-state index in [4.69, 9.17) is 0 Å². The van der Waals surface area contributed by atoms with Crippen molar-refractivity contribution in [1.29, 1.82) is 0 Å². The van der Waals surface area contributed by atoms with E-state index < -0.39 is 0 Å². The summed E-state index contributed by atoms with van der Waals surface area (Å²) in [6.45, 7) is 3.10. The van der Waals surface area contributed by atoms with Crippen molar-refractivity contribution in [2.24, 2.45) is 0 Å². The van der Waals surface area contributed by atoms with Crippen LogP contribution in [0.5, 0.6) is 0 Å². The summed E-state index contributed by atoms with van der Waals surface area (Å²) in [5, 5.41) is 14.1. The number of pyridine rings is 1. The van der Waals surface area contributed by atoms with E-state index in [-0.39, 0.29) is 12.1 Å². The number of nitrogens with zero attached hydrogens (tertiary/aromatic N) is 1. The van der Waals surface area contributed by atoms with Gasteiger partial charge >= 0.3 is 0 Å². The first-order chi connectivity index (χ1) is 9.21. The molecule has 1 aromatic heterocycles. The van der Waals surface area contributed by atoms with E-state index in [0.717, 1.165) is 24.9 Å². The van der Waals surface area contributed by atoms with Crippen LogP contribution in [0.2, 0.25) is 0 Å². The highest BCUT2D eigenvalue weighted by Crippen LogP contribution is 2.31. The Morgan fingerprint density at radius 2 is 2.16 bits per heavy atom. The summed E-state index contributed by atoms with van der Waals surface area (Å²) in [5.41, 5.74) is 3.43. The van der Waals surface area contributed by atoms with Gasteiger partial charge in [-0.05, 0) is 49.9 Å². The summed E-state index contributed by atoms with van der Waals surface area (Å²) < 4.78 is 0. The van der Waals surface area contributed by atoms with E-state index >= 15 is 0 Å². The second-order valence-corrected chi connectivity index (χ2v) is 5.69. The molecule has 0 atom stereocenters. The molecule has 1 aromatic carbocycles. The minimum atomic E-state index is -0.0401. The number of aliphatic hydroxyl groups is 1. The largest absolute Gasteiger partial charge is 0.394 e. The minimum absolute atomic E-state index is 0.0401. The molecule has 0 amide bonds. The van der Waals surface area contributed by atoms with Crippen LogP contribution in [0.4, 0.5) is 0 Å². The zero-order valence-corrected chi connectivity index (χ0v) is 11.3. The third-order valence-corrected chi connectivity index (χ3v) is 4.17. The van der Waals surface area contributed by atoms with Crippen molar-refractivity contribution in [2.45, 2.75) is 38.3 Å². The summed E-state index contributed by atoms with van der Waals surface area (Å²) in [5.74, 6) is 0. The molecule has 1 fully saturated rings. The van der Waals surface area contributed by atoms with E-state index in [1.54, 1.807) is 0 Å². The topological polar surface area (TPSA) is 45.2 Å². The van der Waals surface area contributed by atoms with Crippen LogP contribution in [-0.2, 0) is 6.54 Å². The van der Waals surface area contributed by atoms with Crippen LogP contribution < -0.4 is 5.32 Å². The molecule has 0 bridgehead atoms. The van der Waals surface area contributed by atoms with Crippen molar-refractivity contribution >= 4 is 10.9 Å². The Morgan fingerprint density at radius 3 is 2.84 bits per heavy atom. The fraction of sp³-hybridized carbons (Fsp3) is 0.438. The number of fused-ring (bicyclic) bond motifs is 1. The van der Waals surface area contributed by atoms with Crippen molar-refractivity contribution in [3.8, 4) is 0 Å². The summed E-state index contributed by atoms with van der Waals surface area (Å²) in [4.78, 5) is 4.49. The average Bonchev–Trinajstić information content (AvgIpc) is 2.37. The molecule has 3 rings (SSSR count). The normalized spacial score (nSPS) is 17.4. The quantitative estimate of drug-likeness (QED) is 0.883. The maximum absolute atomic E-state index is 9.44. The van der Waals surface area contributed by atoms with Crippen LogP contribution in [0, 0.1) is 6.92 Å². The number of hydrogen-bond acceptors (Lipinski definition) is 3. The third kappa shape index (κ3) is 2.48. The Hall–Kier alpha value is -1.45. The maximum Gasteiger partial charge on any atom is 0.0702 e. The molecule has 0 aliphatic heterocycles. The second-order valence-electron chi connectivity index (χ2n) is 5.69. The third-order valence-electron chi connectivity index (χ3n) is 4.17. The van der Waals surface area contributed by atoms with Crippen LogP contribution in [0.3, 0.4) is 0 Å². The monoisotopic (exact) mass is 256 g/mol. The van der Waals surface area contributed by atoms with Crippen LogP contribution in [0.15, 0.2) is 30.5 Å². The van der Waals surface area contributed by atoms with Crippen molar-refractivity contribution in [2.75, 3.05) is 6.61 Å². The average molecular weight is 256 g/mol. The lowest BCUT2D eigenvalue weighted by atomic mass is 9.77.